The van der Waals surface area contributed by atoms with E-state index in [0.717, 1.165) is 34.1 Å². The van der Waals surface area contributed by atoms with Gasteiger partial charge in [-0.1, -0.05) is 0 Å². The summed E-state index contributed by atoms with van der Waals surface area (Å²) in [6, 6.07) is 9.90. The minimum absolute atomic E-state index is 0.605. The van der Waals surface area contributed by atoms with Crippen LogP contribution in [0.1, 0.15) is 28.5 Å². The van der Waals surface area contributed by atoms with Crippen LogP contribution in [-0.4, -0.2) is 19.7 Å². The Labute approximate surface area is 136 Å². The SMILES string of the molecule is Cc1cc(C)n(-c2ccc(Oc3nc(C)nc(C)c3C)cc2)n1. The summed E-state index contributed by atoms with van der Waals surface area (Å²) in [7, 11) is 0. The van der Waals surface area contributed by atoms with E-state index in [1.165, 1.54) is 0 Å². The molecular formula is C18H20N4O. The van der Waals surface area contributed by atoms with Crippen molar-refractivity contribution in [2.45, 2.75) is 34.6 Å². The van der Waals surface area contributed by atoms with Gasteiger partial charge in [-0.05, 0) is 65.0 Å². The van der Waals surface area contributed by atoms with Crippen LogP contribution in [0.2, 0.25) is 0 Å². The van der Waals surface area contributed by atoms with E-state index >= 15 is 0 Å². The van der Waals surface area contributed by atoms with Crippen LogP contribution in [-0.2, 0) is 0 Å². The largest absolute Gasteiger partial charge is 0.439 e. The predicted octanol–water partition coefficient (Wildman–Crippen LogP) is 4.00. The Morgan fingerprint density at radius 1 is 0.913 bits per heavy atom. The van der Waals surface area contributed by atoms with Crippen LogP contribution in [0.4, 0.5) is 0 Å². The molecule has 0 unspecified atom stereocenters. The number of benzene rings is 1. The highest BCUT2D eigenvalue weighted by molar-refractivity contribution is 5.40. The van der Waals surface area contributed by atoms with E-state index < -0.39 is 0 Å². The van der Waals surface area contributed by atoms with E-state index in [0.29, 0.717) is 11.7 Å². The second-order valence-corrected chi connectivity index (χ2v) is 5.72. The molecule has 0 aliphatic rings. The topological polar surface area (TPSA) is 52.8 Å². The smallest absolute Gasteiger partial charge is 0.225 e. The van der Waals surface area contributed by atoms with Crippen LogP contribution in [0.25, 0.3) is 5.69 Å². The first-order valence-electron chi connectivity index (χ1n) is 7.57. The molecule has 3 aromatic rings. The van der Waals surface area contributed by atoms with Crippen molar-refractivity contribution < 1.29 is 4.74 Å². The normalized spacial score (nSPS) is 10.8. The Balaban J connectivity index is 1.87. The Morgan fingerprint density at radius 2 is 1.61 bits per heavy atom. The zero-order chi connectivity index (χ0) is 16.6. The first-order valence-corrected chi connectivity index (χ1v) is 7.57. The fraction of sp³-hybridized carbons (Fsp3) is 0.278. The third-order valence-electron chi connectivity index (χ3n) is 3.76. The molecule has 0 atom stereocenters. The minimum atomic E-state index is 0.605. The summed E-state index contributed by atoms with van der Waals surface area (Å²) in [6.45, 7) is 9.83. The quantitative estimate of drug-likeness (QED) is 0.734. The minimum Gasteiger partial charge on any atom is -0.439 e. The van der Waals surface area contributed by atoms with E-state index in [2.05, 4.69) is 21.1 Å². The van der Waals surface area contributed by atoms with Gasteiger partial charge in [0.25, 0.3) is 0 Å². The number of hydrogen-bond acceptors (Lipinski definition) is 4. The molecule has 5 nitrogen and oxygen atoms in total. The van der Waals surface area contributed by atoms with Gasteiger partial charge >= 0.3 is 0 Å². The van der Waals surface area contributed by atoms with Gasteiger partial charge in [-0.3, -0.25) is 0 Å². The van der Waals surface area contributed by atoms with E-state index in [4.69, 9.17) is 4.74 Å². The van der Waals surface area contributed by atoms with Crippen molar-refractivity contribution in [2.24, 2.45) is 0 Å². The zero-order valence-electron chi connectivity index (χ0n) is 14.1. The second-order valence-electron chi connectivity index (χ2n) is 5.72. The molecule has 2 heterocycles. The van der Waals surface area contributed by atoms with Crippen molar-refractivity contribution in [3.8, 4) is 17.3 Å². The molecule has 0 bridgehead atoms. The van der Waals surface area contributed by atoms with Gasteiger partial charge in [-0.2, -0.15) is 10.1 Å². The summed E-state index contributed by atoms with van der Waals surface area (Å²) in [5.74, 6) is 2.06. The molecule has 0 saturated heterocycles. The molecule has 23 heavy (non-hydrogen) atoms. The van der Waals surface area contributed by atoms with E-state index in [9.17, 15) is 0 Å². The standard InChI is InChI=1S/C18H20N4O/c1-11-10-12(2)22(21-11)16-6-8-17(9-7-16)23-18-13(3)14(4)19-15(5)20-18/h6-10H,1-5H3. The lowest BCUT2D eigenvalue weighted by Crippen LogP contribution is -2.01. The average Bonchev–Trinajstić information content (AvgIpc) is 2.84. The Hall–Kier alpha value is -2.69. The van der Waals surface area contributed by atoms with Gasteiger partial charge in [0.2, 0.25) is 5.88 Å². The van der Waals surface area contributed by atoms with Crippen molar-refractivity contribution in [3.05, 3.63) is 58.8 Å². The molecular weight excluding hydrogens is 288 g/mol. The number of ether oxygens (including phenoxy) is 1. The highest BCUT2D eigenvalue weighted by Gasteiger charge is 2.09. The van der Waals surface area contributed by atoms with Crippen molar-refractivity contribution >= 4 is 0 Å². The van der Waals surface area contributed by atoms with Gasteiger partial charge in [0.15, 0.2) is 0 Å². The molecule has 0 spiro atoms. The van der Waals surface area contributed by atoms with Crippen molar-refractivity contribution in [2.75, 3.05) is 0 Å². The van der Waals surface area contributed by atoms with Crippen LogP contribution in [0, 0.1) is 34.6 Å². The first-order chi connectivity index (χ1) is 10.9. The molecule has 1 aromatic carbocycles. The molecule has 0 saturated carbocycles. The fourth-order valence-electron chi connectivity index (χ4n) is 2.49. The third-order valence-corrected chi connectivity index (χ3v) is 3.76. The monoisotopic (exact) mass is 308 g/mol. The van der Waals surface area contributed by atoms with Crippen molar-refractivity contribution in [3.63, 3.8) is 0 Å². The summed E-state index contributed by atoms with van der Waals surface area (Å²) in [4.78, 5) is 8.71. The molecule has 0 N–H and O–H groups in total. The van der Waals surface area contributed by atoms with Gasteiger partial charge < -0.3 is 4.74 Å². The average molecular weight is 308 g/mol. The van der Waals surface area contributed by atoms with Crippen molar-refractivity contribution in [1.29, 1.82) is 0 Å². The highest BCUT2D eigenvalue weighted by atomic mass is 16.5. The maximum atomic E-state index is 5.92. The molecule has 0 aliphatic carbocycles. The van der Waals surface area contributed by atoms with Crippen LogP contribution in [0.3, 0.4) is 0 Å². The zero-order valence-corrected chi connectivity index (χ0v) is 14.1. The molecule has 0 aliphatic heterocycles. The highest BCUT2D eigenvalue weighted by Crippen LogP contribution is 2.25. The van der Waals surface area contributed by atoms with Gasteiger partial charge in [0.05, 0.1) is 11.4 Å². The molecule has 3 rings (SSSR count). The summed E-state index contributed by atoms with van der Waals surface area (Å²) in [5, 5.41) is 4.49. The molecule has 0 amide bonds. The molecule has 118 valence electrons. The number of rotatable bonds is 3. The van der Waals surface area contributed by atoms with E-state index in [1.807, 2.05) is 63.6 Å². The predicted molar refractivity (Wildman–Crippen MR) is 89.4 cm³/mol. The van der Waals surface area contributed by atoms with Gasteiger partial charge in [0.1, 0.15) is 11.6 Å². The Morgan fingerprint density at radius 3 is 2.22 bits per heavy atom. The summed E-state index contributed by atoms with van der Waals surface area (Å²) in [6.07, 6.45) is 0. The summed E-state index contributed by atoms with van der Waals surface area (Å²) >= 11 is 0. The van der Waals surface area contributed by atoms with Crippen LogP contribution in [0.5, 0.6) is 11.6 Å². The van der Waals surface area contributed by atoms with Crippen molar-refractivity contribution in [1.82, 2.24) is 19.7 Å². The maximum absolute atomic E-state index is 5.92. The van der Waals surface area contributed by atoms with E-state index in [-0.39, 0.29) is 0 Å². The summed E-state index contributed by atoms with van der Waals surface area (Å²) < 4.78 is 7.84. The Kier molecular flexibility index (Phi) is 3.86. The van der Waals surface area contributed by atoms with Crippen LogP contribution in [0.15, 0.2) is 30.3 Å². The fourth-order valence-corrected chi connectivity index (χ4v) is 2.49. The number of nitrogens with zero attached hydrogens (tertiary/aromatic N) is 4. The lowest BCUT2D eigenvalue weighted by atomic mass is 10.2. The number of aryl methyl sites for hydroxylation is 4. The first kappa shape index (κ1) is 15.2. The summed E-state index contributed by atoms with van der Waals surface area (Å²) in [5.41, 5.74) is 5.01. The lowest BCUT2D eigenvalue weighted by molar-refractivity contribution is 0.454. The molecule has 0 fully saturated rings. The number of hydrogen-bond donors (Lipinski definition) is 0. The van der Waals surface area contributed by atoms with Gasteiger partial charge in [-0.15, -0.1) is 0 Å². The van der Waals surface area contributed by atoms with E-state index in [1.54, 1.807) is 0 Å². The van der Waals surface area contributed by atoms with Crippen LogP contribution < -0.4 is 4.74 Å². The second kappa shape index (κ2) is 5.83. The molecule has 2 aromatic heterocycles. The van der Waals surface area contributed by atoms with Gasteiger partial charge in [-0.25, -0.2) is 9.67 Å². The van der Waals surface area contributed by atoms with Crippen LogP contribution >= 0.6 is 0 Å². The maximum Gasteiger partial charge on any atom is 0.225 e. The number of aromatic nitrogens is 4. The molecule has 0 radical (unpaired) electrons. The lowest BCUT2D eigenvalue weighted by Gasteiger charge is -2.11. The third kappa shape index (κ3) is 3.08. The van der Waals surface area contributed by atoms with Gasteiger partial charge in [0, 0.05) is 17.0 Å². The molecule has 5 heteroatoms. The Bertz CT molecular complexity index is 850.